The molecule has 0 unspecified atom stereocenters. The fourth-order valence-electron chi connectivity index (χ4n) is 3.86. The summed E-state index contributed by atoms with van der Waals surface area (Å²) in [6, 6.07) is 19.2. The Morgan fingerprint density at radius 1 is 0.862 bits per heavy atom. The summed E-state index contributed by atoms with van der Waals surface area (Å²) in [4.78, 5) is 14.2. The first-order valence-electron chi connectivity index (χ1n) is 10.4. The van der Waals surface area contributed by atoms with Gasteiger partial charge in [0.25, 0.3) is 0 Å². The Labute approximate surface area is 173 Å². The van der Waals surface area contributed by atoms with Crippen molar-refractivity contribution in [3.63, 3.8) is 0 Å². The number of hydrogen-bond donors (Lipinski definition) is 1. The molecule has 2 aromatic carbocycles. The smallest absolute Gasteiger partial charge is 0.229 e. The Kier molecular flexibility index (Phi) is 5.65. The molecule has 1 fully saturated rings. The lowest BCUT2D eigenvalue weighted by molar-refractivity contribution is 0.646. The van der Waals surface area contributed by atoms with E-state index in [1.807, 2.05) is 13.0 Å². The zero-order valence-corrected chi connectivity index (χ0v) is 17.5. The lowest BCUT2D eigenvalue weighted by Crippen LogP contribution is -2.47. The molecule has 150 valence electrons. The highest BCUT2D eigenvalue weighted by atomic mass is 15.3. The van der Waals surface area contributed by atoms with Crippen LogP contribution in [-0.4, -0.2) is 36.1 Å². The fourth-order valence-corrected chi connectivity index (χ4v) is 3.86. The number of nitrogens with zero attached hydrogens (tertiary/aromatic N) is 4. The normalized spacial score (nSPS) is 14.2. The van der Waals surface area contributed by atoms with Gasteiger partial charge in [0, 0.05) is 49.3 Å². The molecule has 5 heteroatoms. The van der Waals surface area contributed by atoms with Crippen molar-refractivity contribution >= 4 is 23.1 Å². The maximum absolute atomic E-state index is 4.83. The van der Waals surface area contributed by atoms with Gasteiger partial charge in [-0.25, -0.2) is 4.98 Å². The maximum atomic E-state index is 4.83. The molecule has 2 heterocycles. The van der Waals surface area contributed by atoms with Gasteiger partial charge in [-0.15, -0.1) is 0 Å². The number of rotatable bonds is 5. The summed E-state index contributed by atoms with van der Waals surface area (Å²) in [6.45, 7) is 10.2. The first-order chi connectivity index (χ1) is 14.1. The summed E-state index contributed by atoms with van der Waals surface area (Å²) in [6.07, 6.45) is 0.975. The van der Waals surface area contributed by atoms with E-state index in [2.05, 4.69) is 82.5 Å². The van der Waals surface area contributed by atoms with E-state index in [-0.39, 0.29) is 0 Å². The maximum Gasteiger partial charge on any atom is 0.229 e. The summed E-state index contributed by atoms with van der Waals surface area (Å²) in [5.74, 6) is 1.67. The van der Waals surface area contributed by atoms with E-state index in [4.69, 9.17) is 4.98 Å². The van der Waals surface area contributed by atoms with Gasteiger partial charge >= 0.3 is 0 Å². The molecule has 1 N–H and O–H groups in total. The van der Waals surface area contributed by atoms with Gasteiger partial charge in [-0.2, -0.15) is 4.98 Å². The molecule has 0 bridgehead atoms. The van der Waals surface area contributed by atoms with Gasteiger partial charge in [0.2, 0.25) is 5.95 Å². The molecule has 29 heavy (non-hydrogen) atoms. The summed E-state index contributed by atoms with van der Waals surface area (Å²) in [7, 11) is 0. The molecule has 1 aromatic heterocycles. The highest BCUT2D eigenvalue weighted by Gasteiger charge is 2.19. The molecule has 0 radical (unpaired) electrons. The number of anilines is 4. The zero-order chi connectivity index (χ0) is 20.2. The second-order valence-corrected chi connectivity index (χ2v) is 7.64. The molecule has 1 saturated heterocycles. The lowest BCUT2D eigenvalue weighted by Gasteiger charge is -2.37. The van der Waals surface area contributed by atoms with E-state index in [1.54, 1.807) is 0 Å². The molecule has 5 nitrogen and oxygen atoms in total. The van der Waals surface area contributed by atoms with Crippen LogP contribution in [0.2, 0.25) is 0 Å². The summed E-state index contributed by atoms with van der Waals surface area (Å²) < 4.78 is 0. The van der Waals surface area contributed by atoms with Crippen LogP contribution in [0.25, 0.3) is 0 Å². The Morgan fingerprint density at radius 2 is 1.62 bits per heavy atom. The van der Waals surface area contributed by atoms with E-state index in [0.29, 0.717) is 5.95 Å². The van der Waals surface area contributed by atoms with Gasteiger partial charge < -0.3 is 15.1 Å². The van der Waals surface area contributed by atoms with Crippen LogP contribution < -0.4 is 15.1 Å². The first-order valence-corrected chi connectivity index (χ1v) is 10.4. The predicted octanol–water partition coefficient (Wildman–Crippen LogP) is 4.73. The average molecular weight is 388 g/mol. The molecular formula is C24H29N5. The quantitative estimate of drug-likeness (QED) is 0.686. The van der Waals surface area contributed by atoms with Crippen LogP contribution in [0.5, 0.6) is 0 Å². The van der Waals surface area contributed by atoms with Crippen LogP contribution in [0.1, 0.15) is 23.7 Å². The van der Waals surface area contributed by atoms with Crippen molar-refractivity contribution in [3.8, 4) is 0 Å². The molecule has 0 saturated carbocycles. The van der Waals surface area contributed by atoms with E-state index >= 15 is 0 Å². The van der Waals surface area contributed by atoms with E-state index in [0.717, 1.165) is 49.8 Å². The van der Waals surface area contributed by atoms with Crippen LogP contribution in [0.15, 0.2) is 54.6 Å². The number of piperazine rings is 1. The van der Waals surface area contributed by atoms with Gasteiger partial charge in [-0.05, 0) is 49.6 Å². The Morgan fingerprint density at radius 3 is 2.38 bits per heavy atom. The van der Waals surface area contributed by atoms with Crippen LogP contribution in [0.3, 0.4) is 0 Å². The number of benzene rings is 2. The van der Waals surface area contributed by atoms with Crippen molar-refractivity contribution in [1.29, 1.82) is 0 Å². The third-order valence-corrected chi connectivity index (χ3v) is 5.46. The Bertz CT molecular complexity index is 977. The largest absolute Gasteiger partial charge is 0.368 e. The first kappa shape index (κ1) is 19.2. The second-order valence-electron chi connectivity index (χ2n) is 7.64. The molecule has 4 rings (SSSR count). The third-order valence-electron chi connectivity index (χ3n) is 5.46. The average Bonchev–Trinajstić information content (AvgIpc) is 2.74. The van der Waals surface area contributed by atoms with Crippen molar-refractivity contribution in [3.05, 3.63) is 71.4 Å². The molecular weight excluding hydrogens is 358 g/mol. The van der Waals surface area contributed by atoms with Crippen LogP contribution in [0.4, 0.5) is 23.1 Å². The molecule has 1 aliphatic heterocycles. The summed E-state index contributed by atoms with van der Waals surface area (Å²) in [5.41, 5.74) is 5.94. The van der Waals surface area contributed by atoms with Crippen molar-refractivity contribution in [2.45, 2.75) is 27.2 Å². The molecule has 0 atom stereocenters. The van der Waals surface area contributed by atoms with Crippen molar-refractivity contribution in [2.75, 3.05) is 41.3 Å². The minimum Gasteiger partial charge on any atom is -0.368 e. The molecule has 1 aliphatic rings. The lowest BCUT2D eigenvalue weighted by atomic mass is 10.1. The Balaban J connectivity index is 1.48. The Hall–Kier alpha value is -3.08. The van der Waals surface area contributed by atoms with Crippen LogP contribution in [-0.2, 0) is 6.42 Å². The second kappa shape index (κ2) is 8.52. The minimum absolute atomic E-state index is 0.669. The predicted molar refractivity (Wildman–Crippen MR) is 121 cm³/mol. The molecule has 0 aliphatic carbocycles. The van der Waals surface area contributed by atoms with Crippen LogP contribution in [0, 0.1) is 13.8 Å². The highest BCUT2D eigenvalue weighted by Crippen LogP contribution is 2.24. The van der Waals surface area contributed by atoms with E-state index < -0.39 is 0 Å². The molecule has 0 spiro atoms. The topological polar surface area (TPSA) is 44.3 Å². The van der Waals surface area contributed by atoms with Gasteiger partial charge in [0.15, 0.2) is 0 Å². The van der Waals surface area contributed by atoms with Gasteiger partial charge in [-0.3, -0.25) is 0 Å². The van der Waals surface area contributed by atoms with E-state index in [1.165, 1.54) is 16.8 Å². The van der Waals surface area contributed by atoms with Gasteiger partial charge in [0.1, 0.15) is 5.82 Å². The summed E-state index contributed by atoms with van der Waals surface area (Å²) >= 11 is 0. The molecule has 0 amide bonds. The minimum atomic E-state index is 0.669. The number of aromatic nitrogens is 2. The van der Waals surface area contributed by atoms with Crippen molar-refractivity contribution < 1.29 is 0 Å². The summed E-state index contributed by atoms with van der Waals surface area (Å²) in [5, 5.41) is 3.43. The third kappa shape index (κ3) is 4.50. The highest BCUT2D eigenvalue weighted by molar-refractivity contribution is 5.60. The fraction of sp³-hybridized carbons (Fsp3) is 0.333. The number of aryl methyl sites for hydroxylation is 3. The monoisotopic (exact) mass is 387 g/mol. The number of para-hydroxylation sites is 1. The molecule has 3 aromatic rings. The van der Waals surface area contributed by atoms with Crippen molar-refractivity contribution in [2.24, 2.45) is 0 Å². The van der Waals surface area contributed by atoms with E-state index in [9.17, 15) is 0 Å². The SMILES string of the molecule is CCc1ccccc1Nc1nc(C)cc(N2CCN(c3cccc(C)c3)CC2)n1. The van der Waals surface area contributed by atoms with Crippen molar-refractivity contribution in [1.82, 2.24) is 9.97 Å². The number of hydrogen-bond acceptors (Lipinski definition) is 5. The zero-order valence-electron chi connectivity index (χ0n) is 17.5. The standard InChI is InChI=1S/C24H29N5/c1-4-20-9-5-6-11-22(20)26-24-25-19(3)17-23(27-24)29-14-12-28(13-15-29)21-10-7-8-18(2)16-21/h5-11,16-17H,4,12-15H2,1-3H3,(H,25,26,27). The van der Waals surface area contributed by atoms with Gasteiger partial charge in [0.05, 0.1) is 0 Å². The number of nitrogens with one attached hydrogen (secondary N) is 1. The van der Waals surface area contributed by atoms with Gasteiger partial charge in [-0.1, -0.05) is 37.3 Å². The van der Waals surface area contributed by atoms with Crippen LogP contribution >= 0.6 is 0 Å².